The predicted molar refractivity (Wildman–Crippen MR) is 194 cm³/mol. The fourth-order valence-corrected chi connectivity index (χ4v) is 7.15. The Labute approximate surface area is 292 Å². The second kappa shape index (κ2) is 13.7. The number of phenols is 1. The molecule has 0 saturated heterocycles. The lowest BCUT2D eigenvalue weighted by Crippen LogP contribution is -2.29. The van der Waals surface area contributed by atoms with E-state index >= 15 is 0 Å². The van der Waals surface area contributed by atoms with Crippen molar-refractivity contribution >= 4 is 74.3 Å². The number of aromatic amines is 1. The molecule has 0 spiro atoms. The number of rotatable bonds is 10. The summed E-state index contributed by atoms with van der Waals surface area (Å²) in [6.07, 6.45) is 5.79. The lowest BCUT2D eigenvalue weighted by molar-refractivity contribution is -0.116. The van der Waals surface area contributed by atoms with Crippen LogP contribution < -0.4 is 21.3 Å². The molecule has 0 fully saturated rings. The van der Waals surface area contributed by atoms with E-state index in [1.165, 1.54) is 0 Å². The van der Waals surface area contributed by atoms with Crippen LogP contribution in [0, 0.1) is 11.3 Å². The first-order valence-electron chi connectivity index (χ1n) is 16.6. The number of carbonyl (C=O) groups excluding carboxylic acids is 3. The zero-order chi connectivity index (χ0) is 34.9. The molecule has 0 bridgehead atoms. The summed E-state index contributed by atoms with van der Waals surface area (Å²) in [5.41, 5.74) is 11.6. The fourth-order valence-electron chi connectivity index (χ4n) is 6.90. The highest BCUT2D eigenvalue weighted by atomic mass is 35.5. The maximum atomic E-state index is 13.9. The van der Waals surface area contributed by atoms with E-state index in [1.54, 1.807) is 53.4 Å². The van der Waals surface area contributed by atoms with E-state index in [0.717, 1.165) is 41.3 Å². The number of furan rings is 1. The van der Waals surface area contributed by atoms with Crippen molar-refractivity contribution in [1.82, 2.24) is 4.98 Å². The van der Waals surface area contributed by atoms with E-state index in [0.29, 0.717) is 77.2 Å². The number of fused-ring (bicyclic) bond motifs is 5. The van der Waals surface area contributed by atoms with Gasteiger partial charge in [-0.05, 0) is 85.8 Å². The second-order valence-corrected chi connectivity index (χ2v) is 13.0. The molecular weight excluding hydrogens is 656 g/mol. The fraction of sp³-hybridized carbons (Fsp3) is 0.263. The number of anilines is 3. The first kappa shape index (κ1) is 33.0. The van der Waals surface area contributed by atoms with Crippen LogP contribution in [-0.4, -0.2) is 46.8 Å². The number of nitriles is 1. The number of halogens is 1. The Bertz CT molecular complexity index is 2250. The molecule has 0 saturated carbocycles. The highest BCUT2D eigenvalue weighted by molar-refractivity contribution is 6.19. The molecule has 5 aromatic rings. The number of benzene rings is 3. The summed E-state index contributed by atoms with van der Waals surface area (Å²) in [5, 5.41) is 27.6. The number of H-pyrrole nitrogens is 1. The van der Waals surface area contributed by atoms with Gasteiger partial charge in [-0.3, -0.25) is 14.4 Å². The molecule has 1 atom stereocenters. The number of aromatic hydroxyl groups is 1. The number of hydrogen-bond acceptors (Lipinski definition) is 7. The standard InChI is InChI=1S/C38H35ClN6O5/c39-18-24-20-45(30-17-31(46)26-10-8-21(19-41)13-27(26)35(24)30)38(49)33-16-23-14-25(9-11-32(23)50-33)42-37(48)29-15-22-5-4-6-28(36(22)44-29)43-34(47)7-2-1-3-12-40/h4-6,9,11,13-17,24,44,46H,1-3,7-8,10,12,18,20,40H2,(H,42,48)(H,43,47). The van der Waals surface area contributed by atoms with Crippen LogP contribution in [0.5, 0.6) is 5.75 Å². The summed E-state index contributed by atoms with van der Waals surface area (Å²) in [5.74, 6) is -0.621. The van der Waals surface area contributed by atoms with Crippen molar-refractivity contribution in [2.75, 3.05) is 34.5 Å². The number of para-hydroxylation sites is 1. The van der Waals surface area contributed by atoms with E-state index in [4.69, 9.17) is 21.8 Å². The minimum atomic E-state index is -0.392. The van der Waals surface area contributed by atoms with Gasteiger partial charge in [0.2, 0.25) is 5.91 Å². The van der Waals surface area contributed by atoms with Crippen LogP contribution in [0.2, 0.25) is 0 Å². The molecule has 7 rings (SSSR count). The number of carbonyl (C=O) groups is 3. The minimum absolute atomic E-state index is 0.0787. The highest BCUT2D eigenvalue weighted by Crippen LogP contribution is 2.47. The molecular formula is C38H35ClN6O5. The Balaban J connectivity index is 1.09. The number of hydrogen-bond donors (Lipinski definition) is 5. The zero-order valence-corrected chi connectivity index (χ0v) is 27.9. The van der Waals surface area contributed by atoms with Gasteiger partial charge < -0.3 is 35.8 Å². The third-order valence-electron chi connectivity index (χ3n) is 9.38. The van der Waals surface area contributed by atoms with Crippen LogP contribution in [0.3, 0.4) is 0 Å². The zero-order valence-electron chi connectivity index (χ0n) is 27.1. The first-order valence-corrected chi connectivity index (χ1v) is 17.1. The van der Waals surface area contributed by atoms with Crippen molar-refractivity contribution in [2.24, 2.45) is 5.73 Å². The van der Waals surface area contributed by atoms with Crippen molar-refractivity contribution in [3.05, 3.63) is 88.3 Å². The third kappa shape index (κ3) is 6.19. The van der Waals surface area contributed by atoms with E-state index < -0.39 is 5.91 Å². The normalized spacial score (nSPS) is 15.0. The van der Waals surface area contributed by atoms with Gasteiger partial charge in [-0.1, -0.05) is 18.6 Å². The Morgan fingerprint density at radius 3 is 2.72 bits per heavy atom. The van der Waals surface area contributed by atoms with Gasteiger partial charge in [-0.25, -0.2) is 0 Å². The largest absolute Gasteiger partial charge is 0.508 e. The second-order valence-electron chi connectivity index (χ2n) is 12.7. The maximum Gasteiger partial charge on any atom is 0.294 e. The first-order chi connectivity index (χ1) is 24.3. The SMILES string of the molecule is N#CC1=Cc2c(c(O)cc3c2C(CCl)CN3C(=O)c2cc3cc(NC(=O)c4cc5cccc(NC(=O)CCCCCN)c5[nH]4)ccc3o2)CC1. The summed E-state index contributed by atoms with van der Waals surface area (Å²) in [7, 11) is 0. The van der Waals surface area contributed by atoms with Gasteiger partial charge in [0.25, 0.3) is 11.8 Å². The smallest absolute Gasteiger partial charge is 0.294 e. The number of nitrogens with two attached hydrogens (primary N) is 1. The van der Waals surface area contributed by atoms with Gasteiger partial charge in [0.15, 0.2) is 5.76 Å². The van der Waals surface area contributed by atoms with Crippen LogP contribution in [-0.2, 0) is 11.2 Å². The van der Waals surface area contributed by atoms with Crippen LogP contribution in [0.4, 0.5) is 17.1 Å². The molecule has 3 heterocycles. The number of nitrogens with one attached hydrogen (secondary N) is 3. The molecule has 50 heavy (non-hydrogen) atoms. The van der Waals surface area contributed by atoms with Crippen molar-refractivity contribution < 1.29 is 23.9 Å². The number of aromatic nitrogens is 1. The van der Waals surface area contributed by atoms with Crippen LogP contribution in [0.15, 0.2) is 64.6 Å². The van der Waals surface area contributed by atoms with Crippen molar-refractivity contribution in [1.29, 1.82) is 5.26 Å². The molecule has 1 aliphatic heterocycles. The van der Waals surface area contributed by atoms with Gasteiger partial charge in [0, 0.05) is 58.4 Å². The van der Waals surface area contributed by atoms with Crippen molar-refractivity contribution in [2.45, 2.75) is 44.4 Å². The number of allylic oxidation sites excluding steroid dienone is 1. The van der Waals surface area contributed by atoms with Gasteiger partial charge >= 0.3 is 0 Å². The minimum Gasteiger partial charge on any atom is -0.508 e. The summed E-state index contributed by atoms with van der Waals surface area (Å²) >= 11 is 6.38. The Morgan fingerprint density at radius 1 is 1.06 bits per heavy atom. The molecule has 1 aliphatic carbocycles. The van der Waals surface area contributed by atoms with E-state index in [1.807, 2.05) is 12.1 Å². The Morgan fingerprint density at radius 2 is 1.92 bits per heavy atom. The summed E-state index contributed by atoms with van der Waals surface area (Å²) in [4.78, 5) is 44.4. The van der Waals surface area contributed by atoms with Gasteiger partial charge in [0.05, 0.1) is 23.0 Å². The Hall–Kier alpha value is -5.57. The van der Waals surface area contributed by atoms with E-state index in [-0.39, 0.29) is 35.1 Å². The quantitative estimate of drug-likeness (QED) is 0.0762. The maximum absolute atomic E-state index is 13.9. The molecule has 0 radical (unpaired) electrons. The summed E-state index contributed by atoms with van der Waals surface area (Å²) < 4.78 is 5.97. The van der Waals surface area contributed by atoms with Crippen LogP contribution >= 0.6 is 11.6 Å². The molecule has 2 aliphatic rings. The summed E-state index contributed by atoms with van der Waals surface area (Å²) in [6, 6.07) is 17.7. The molecule has 12 heteroatoms. The van der Waals surface area contributed by atoms with E-state index in [2.05, 4.69) is 21.7 Å². The van der Waals surface area contributed by atoms with Gasteiger partial charge in [0.1, 0.15) is 17.0 Å². The van der Waals surface area contributed by atoms with Crippen LogP contribution in [0.25, 0.3) is 27.9 Å². The number of nitrogens with zero attached hydrogens (tertiary/aromatic N) is 2. The lowest BCUT2D eigenvalue weighted by atomic mass is 9.85. The number of amides is 3. The average Bonchev–Trinajstić information content (AvgIpc) is 3.85. The summed E-state index contributed by atoms with van der Waals surface area (Å²) in [6.45, 7) is 0.903. The highest BCUT2D eigenvalue weighted by Gasteiger charge is 2.38. The van der Waals surface area contributed by atoms with Crippen molar-refractivity contribution in [3.8, 4) is 11.8 Å². The van der Waals surface area contributed by atoms with Gasteiger partial charge in [-0.2, -0.15) is 5.26 Å². The average molecular weight is 691 g/mol. The van der Waals surface area contributed by atoms with Crippen molar-refractivity contribution in [3.63, 3.8) is 0 Å². The Kier molecular flexibility index (Phi) is 9.06. The molecule has 11 nitrogen and oxygen atoms in total. The molecule has 254 valence electrons. The lowest BCUT2D eigenvalue weighted by Gasteiger charge is -2.21. The predicted octanol–water partition coefficient (Wildman–Crippen LogP) is 7.17. The van der Waals surface area contributed by atoms with Crippen LogP contribution in [0.1, 0.15) is 75.8 Å². The molecule has 2 aromatic heterocycles. The topological polar surface area (TPSA) is 177 Å². The molecule has 3 amide bonds. The van der Waals surface area contributed by atoms with E-state index in [9.17, 15) is 24.8 Å². The van der Waals surface area contributed by atoms with Gasteiger partial charge in [-0.15, -0.1) is 11.6 Å². The number of alkyl halides is 1. The number of phenolic OH excluding ortho intramolecular Hbond substituents is 1. The molecule has 6 N–H and O–H groups in total. The monoisotopic (exact) mass is 690 g/mol. The molecule has 1 unspecified atom stereocenters. The number of unbranched alkanes of at least 4 members (excludes halogenated alkanes) is 2. The molecule has 3 aromatic carbocycles. The third-order valence-corrected chi connectivity index (χ3v) is 9.75.